The van der Waals surface area contributed by atoms with Crippen LogP contribution in [0.4, 0.5) is 0 Å². The Morgan fingerprint density at radius 2 is 1.88 bits per heavy atom. The van der Waals surface area contributed by atoms with Crippen molar-refractivity contribution in [2.75, 3.05) is 19.6 Å². The zero-order valence-corrected chi connectivity index (χ0v) is 10.5. The minimum Gasteiger partial charge on any atom is -0.481 e. The van der Waals surface area contributed by atoms with E-state index in [4.69, 9.17) is 5.11 Å². The third kappa shape index (κ3) is 3.76. The summed E-state index contributed by atoms with van der Waals surface area (Å²) in [4.78, 5) is 13.3. The molecule has 1 saturated heterocycles. The third-order valence-electron chi connectivity index (χ3n) is 3.52. The van der Waals surface area contributed by atoms with Gasteiger partial charge in [0.1, 0.15) is 0 Å². The first-order valence-electron chi connectivity index (χ1n) is 5.91. The second kappa shape index (κ2) is 4.72. The first-order chi connectivity index (χ1) is 7.23. The number of nitrogens with zero attached hydrogens (tertiary/aromatic N) is 1. The zero-order chi connectivity index (χ0) is 12.4. The second-order valence-electron chi connectivity index (χ2n) is 5.77. The maximum Gasteiger partial charge on any atom is 0.309 e. The monoisotopic (exact) mass is 229 g/mol. The normalized spacial score (nSPS) is 22.0. The second-order valence-corrected chi connectivity index (χ2v) is 5.77. The first kappa shape index (κ1) is 13.5. The van der Waals surface area contributed by atoms with Gasteiger partial charge in [0, 0.05) is 6.54 Å². The summed E-state index contributed by atoms with van der Waals surface area (Å²) < 4.78 is 0. The molecule has 0 atom stereocenters. The molecule has 0 unspecified atom stereocenters. The van der Waals surface area contributed by atoms with Gasteiger partial charge in [-0.25, -0.2) is 0 Å². The molecule has 0 amide bonds. The van der Waals surface area contributed by atoms with Crippen molar-refractivity contribution in [2.45, 2.75) is 45.6 Å². The molecule has 1 aliphatic rings. The van der Waals surface area contributed by atoms with Crippen LogP contribution in [-0.4, -0.2) is 46.3 Å². The Labute approximate surface area is 97.3 Å². The van der Waals surface area contributed by atoms with Crippen LogP contribution in [0.15, 0.2) is 0 Å². The standard InChI is InChI=1S/C12H23NO3/c1-11(2,16)4-7-13-8-5-12(3,6-9-13)10(14)15/h16H,4-9H2,1-3H3,(H,14,15). The Kier molecular flexibility index (Phi) is 3.97. The molecule has 0 radical (unpaired) electrons. The van der Waals surface area contributed by atoms with Gasteiger partial charge in [-0.1, -0.05) is 0 Å². The lowest BCUT2D eigenvalue weighted by molar-refractivity contribution is -0.150. The Balaban J connectivity index is 2.35. The van der Waals surface area contributed by atoms with Crippen LogP contribution >= 0.6 is 0 Å². The number of hydrogen-bond donors (Lipinski definition) is 2. The van der Waals surface area contributed by atoms with E-state index in [0.717, 1.165) is 26.1 Å². The summed E-state index contributed by atoms with van der Waals surface area (Å²) in [6, 6.07) is 0. The van der Waals surface area contributed by atoms with E-state index in [0.29, 0.717) is 12.8 Å². The van der Waals surface area contributed by atoms with Crippen molar-refractivity contribution < 1.29 is 15.0 Å². The van der Waals surface area contributed by atoms with Gasteiger partial charge in [-0.2, -0.15) is 0 Å². The van der Waals surface area contributed by atoms with Crippen LogP contribution in [0.3, 0.4) is 0 Å². The fourth-order valence-electron chi connectivity index (χ4n) is 1.92. The number of rotatable bonds is 4. The highest BCUT2D eigenvalue weighted by atomic mass is 16.4. The zero-order valence-electron chi connectivity index (χ0n) is 10.5. The van der Waals surface area contributed by atoms with Gasteiger partial charge in [0.05, 0.1) is 11.0 Å². The molecule has 1 fully saturated rings. The molecule has 0 saturated carbocycles. The van der Waals surface area contributed by atoms with E-state index in [1.54, 1.807) is 13.8 Å². The maximum absolute atomic E-state index is 11.0. The van der Waals surface area contributed by atoms with Crippen molar-refractivity contribution in [3.63, 3.8) is 0 Å². The fourth-order valence-corrected chi connectivity index (χ4v) is 1.92. The van der Waals surface area contributed by atoms with Crippen LogP contribution in [0.5, 0.6) is 0 Å². The van der Waals surface area contributed by atoms with E-state index >= 15 is 0 Å². The Morgan fingerprint density at radius 3 is 2.25 bits per heavy atom. The molecule has 16 heavy (non-hydrogen) atoms. The average molecular weight is 229 g/mol. The van der Waals surface area contributed by atoms with Crippen LogP contribution in [0.25, 0.3) is 0 Å². The van der Waals surface area contributed by atoms with E-state index in [2.05, 4.69) is 4.90 Å². The first-order valence-corrected chi connectivity index (χ1v) is 5.91. The summed E-state index contributed by atoms with van der Waals surface area (Å²) in [5.41, 5.74) is -1.18. The molecular formula is C12H23NO3. The number of likely N-dealkylation sites (tertiary alicyclic amines) is 1. The van der Waals surface area contributed by atoms with Crippen LogP contribution in [-0.2, 0) is 4.79 Å². The third-order valence-corrected chi connectivity index (χ3v) is 3.52. The number of piperidine rings is 1. The maximum atomic E-state index is 11.0. The number of aliphatic hydroxyl groups is 1. The molecule has 4 heteroatoms. The van der Waals surface area contributed by atoms with Crippen LogP contribution < -0.4 is 0 Å². The van der Waals surface area contributed by atoms with Gasteiger partial charge >= 0.3 is 5.97 Å². The molecule has 0 aromatic carbocycles. The van der Waals surface area contributed by atoms with Crippen molar-refractivity contribution in [3.8, 4) is 0 Å². The topological polar surface area (TPSA) is 60.8 Å². The Hall–Kier alpha value is -0.610. The van der Waals surface area contributed by atoms with Gasteiger partial charge in [0.15, 0.2) is 0 Å². The van der Waals surface area contributed by atoms with Crippen molar-refractivity contribution in [1.29, 1.82) is 0 Å². The van der Waals surface area contributed by atoms with Crippen molar-refractivity contribution in [2.24, 2.45) is 5.41 Å². The average Bonchev–Trinajstić information content (AvgIpc) is 2.15. The van der Waals surface area contributed by atoms with E-state index in [-0.39, 0.29) is 0 Å². The predicted octanol–water partition coefficient (Wildman–Crippen LogP) is 1.33. The quantitative estimate of drug-likeness (QED) is 0.763. The molecule has 0 spiro atoms. The minimum atomic E-state index is -0.686. The largest absolute Gasteiger partial charge is 0.481 e. The van der Waals surface area contributed by atoms with Crippen LogP contribution in [0.2, 0.25) is 0 Å². The van der Waals surface area contributed by atoms with Gasteiger partial charge < -0.3 is 15.1 Å². The van der Waals surface area contributed by atoms with E-state index in [1.165, 1.54) is 0 Å². The molecule has 4 nitrogen and oxygen atoms in total. The predicted molar refractivity (Wildman–Crippen MR) is 62.3 cm³/mol. The van der Waals surface area contributed by atoms with Crippen molar-refractivity contribution in [3.05, 3.63) is 0 Å². The lowest BCUT2D eigenvalue weighted by Crippen LogP contribution is -2.44. The molecule has 0 bridgehead atoms. The molecule has 1 heterocycles. The summed E-state index contributed by atoms with van der Waals surface area (Å²) in [6.45, 7) is 7.91. The summed E-state index contributed by atoms with van der Waals surface area (Å²) in [7, 11) is 0. The van der Waals surface area contributed by atoms with Gasteiger partial charge in [0.25, 0.3) is 0 Å². The molecule has 94 valence electrons. The van der Waals surface area contributed by atoms with Gasteiger partial charge in [-0.05, 0) is 53.1 Å². The number of carboxylic acid groups (broad SMARTS) is 1. The Morgan fingerprint density at radius 1 is 1.38 bits per heavy atom. The van der Waals surface area contributed by atoms with Gasteiger partial charge in [0.2, 0.25) is 0 Å². The summed E-state index contributed by atoms with van der Waals surface area (Å²) in [5, 5.41) is 18.7. The number of carbonyl (C=O) groups is 1. The molecule has 1 aliphatic heterocycles. The fraction of sp³-hybridized carbons (Fsp3) is 0.917. The highest BCUT2D eigenvalue weighted by Gasteiger charge is 2.36. The minimum absolute atomic E-state index is 0.550. The number of hydrogen-bond acceptors (Lipinski definition) is 3. The van der Waals surface area contributed by atoms with E-state index in [9.17, 15) is 9.90 Å². The van der Waals surface area contributed by atoms with Gasteiger partial charge in [-0.3, -0.25) is 4.79 Å². The van der Waals surface area contributed by atoms with Crippen LogP contribution in [0, 0.1) is 5.41 Å². The van der Waals surface area contributed by atoms with E-state index in [1.807, 2.05) is 6.92 Å². The summed E-state index contributed by atoms with van der Waals surface area (Å²) >= 11 is 0. The molecule has 1 rings (SSSR count). The van der Waals surface area contributed by atoms with E-state index < -0.39 is 17.0 Å². The summed E-state index contributed by atoms with van der Waals surface area (Å²) in [6.07, 6.45) is 2.14. The molecule has 0 aliphatic carbocycles. The van der Waals surface area contributed by atoms with Crippen molar-refractivity contribution in [1.82, 2.24) is 4.90 Å². The lowest BCUT2D eigenvalue weighted by atomic mass is 9.80. The highest BCUT2D eigenvalue weighted by molar-refractivity contribution is 5.74. The smallest absolute Gasteiger partial charge is 0.309 e. The molecule has 0 aromatic heterocycles. The molecule has 0 aromatic rings. The van der Waals surface area contributed by atoms with Crippen LogP contribution in [0.1, 0.15) is 40.0 Å². The Bertz CT molecular complexity index is 249. The van der Waals surface area contributed by atoms with Crippen molar-refractivity contribution >= 4 is 5.97 Å². The molecular weight excluding hydrogens is 206 g/mol. The lowest BCUT2D eigenvalue weighted by Gasteiger charge is -2.37. The van der Waals surface area contributed by atoms with Gasteiger partial charge in [-0.15, -0.1) is 0 Å². The SMILES string of the molecule is CC(C)(O)CCN1CCC(C)(C(=O)O)CC1. The number of aliphatic carboxylic acids is 1. The number of carboxylic acids is 1. The summed E-state index contributed by atoms with van der Waals surface area (Å²) in [5.74, 6) is -0.686. The molecule has 2 N–H and O–H groups in total. The highest BCUT2D eigenvalue weighted by Crippen LogP contribution is 2.31.